The van der Waals surface area contributed by atoms with Crippen LogP contribution in [0.15, 0.2) is 0 Å². The zero-order chi connectivity index (χ0) is 23.4. The molecule has 0 aromatic carbocycles. The minimum absolute atomic E-state index is 0.0698. The van der Waals surface area contributed by atoms with Crippen LogP contribution in [0.5, 0.6) is 0 Å². The molecule has 1 aliphatic rings. The highest BCUT2D eigenvalue weighted by Crippen LogP contribution is 2.18. The number of carbonyl (C=O) groups excluding carboxylic acids is 4. The van der Waals surface area contributed by atoms with Crippen molar-refractivity contribution in [1.29, 1.82) is 0 Å². The number of thioether (sulfide) groups is 1. The number of aliphatic hydroxyl groups is 1. The Morgan fingerprint density at radius 1 is 1.17 bits per heavy atom. The molecule has 1 fully saturated rings. The lowest BCUT2D eigenvalue weighted by atomic mass is 10.1. The number of carbonyl (C=O) groups is 4. The van der Waals surface area contributed by atoms with Gasteiger partial charge >= 0.3 is 6.03 Å². The van der Waals surface area contributed by atoms with Gasteiger partial charge in [0, 0.05) is 39.0 Å². The van der Waals surface area contributed by atoms with Crippen molar-refractivity contribution < 1.29 is 33.8 Å². The van der Waals surface area contributed by atoms with E-state index in [9.17, 15) is 19.2 Å². The number of aliphatic hydroxyl groups excluding tert-OH is 1. The summed E-state index contributed by atoms with van der Waals surface area (Å²) >= 11 is 1.75. The van der Waals surface area contributed by atoms with Crippen LogP contribution in [0.4, 0.5) is 4.79 Å². The van der Waals surface area contributed by atoms with E-state index in [1.807, 2.05) is 19.4 Å². The summed E-state index contributed by atoms with van der Waals surface area (Å²) in [5.74, 6) is -1.43. The van der Waals surface area contributed by atoms with Crippen LogP contribution in [-0.4, -0.2) is 92.9 Å². The highest BCUT2D eigenvalue weighted by molar-refractivity contribution is 7.97. The molecule has 0 aromatic rings. The second kappa shape index (κ2) is 20.6. The van der Waals surface area contributed by atoms with Crippen LogP contribution < -0.4 is 10.6 Å². The van der Waals surface area contributed by atoms with Crippen LogP contribution in [-0.2, 0) is 23.9 Å². The molecule has 176 valence electrons. The summed E-state index contributed by atoms with van der Waals surface area (Å²) in [5.41, 5.74) is 0. The Bertz CT molecular complexity index is 507. The first-order valence-electron chi connectivity index (χ1n) is 9.82. The average molecular weight is 452 g/mol. The zero-order valence-corrected chi connectivity index (χ0v) is 19.5. The monoisotopic (exact) mass is 451 g/mol. The van der Waals surface area contributed by atoms with Crippen molar-refractivity contribution in [3.8, 4) is 0 Å². The van der Waals surface area contributed by atoms with Gasteiger partial charge in [-0.1, -0.05) is 13.8 Å². The molecule has 0 aliphatic carbocycles. The van der Waals surface area contributed by atoms with Crippen molar-refractivity contribution in [1.82, 2.24) is 15.5 Å². The van der Waals surface area contributed by atoms with E-state index in [1.165, 1.54) is 7.05 Å². The molecule has 1 atom stereocenters. The van der Waals surface area contributed by atoms with Gasteiger partial charge in [-0.15, -0.1) is 0 Å². The standard InChI is InChI=1S/C13H22N2O5.C4H9NO2.C2H6S/c1-3-5-19-7-8-20-6-4-14-13(18)15-11(16)9-10(2)12(15)17;1-5-4(7)2-3-6;1-3-2/h10H,3-9H2,1-2H3,(H,14,18);6H,2-3H2,1H3,(H,5,7);1-2H3. The fourth-order valence-corrected chi connectivity index (χ4v) is 2.00. The minimum Gasteiger partial charge on any atom is -0.396 e. The van der Waals surface area contributed by atoms with Crippen molar-refractivity contribution in [3.63, 3.8) is 0 Å². The second-order valence-electron chi connectivity index (χ2n) is 6.18. The van der Waals surface area contributed by atoms with E-state index in [0.717, 1.165) is 6.42 Å². The smallest absolute Gasteiger partial charge is 0.331 e. The van der Waals surface area contributed by atoms with Crippen LogP contribution in [0.1, 0.15) is 33.1 Å². The molecule has 0 saturated carbocycles. The predicted molar refractivity (Wildman–Crippen MR) is 116 cm³/mol. The SMILES string of the molecule is CCCOCCOCCNC(=O)N1C(=O)CC(C)C1=O.CNC(=O)CCO.CSC. The molecular formula is C19H37N3O7S. The topological polar surface area (TPSA) is 134 Å². The maximum Gasteiger partial charge on any atom is 0.331 e. The summed E-state index contributed by atoms with van der Waals surface area (Å²) in [4.78, 5) is 45.6. The Morgan fingerprint density at radius 2 is 1.73 bits per heavy atom. The van der Waals surface area contributed by atoms with Gasteiger partial charge in [0.05, 0.1) is 26.4 Å². The number of urea groups is 1. The fraction of sp³-hybridized carbons (Fsp3) is 0.789. The molecule has 1 saturated heterocycles. The van der Waals surface area contributed by atoms with Crippen molar-refractivity contribution in [2.75, 3.05) is 59.1 Å². The van der Waals surface area contributed by atoms with Crippen molar-refractivity contribution in [3.05, 3.63) is 0 Å². The molecule has 0 radical (unpaired) electrons. The number of likely N-dealkylation sites (tertiary alicyclic amines) is 1. The Labute approximate surface area is 183 Å². The number of hydrogen-bond donors (Lipinski definition) is 3. The van der Waals surface area contributed by atoms with Gasteiger partial charge in [0.2, 0.25) is 17.7 Å². The molecule has 1 aliphatic heterocycles. The summed E-state index contributed by atoms with van der Waals surface area (Å²) in [5, 5.41) is 13.0. The van der Waals surface area contributed by atoms with E-state index < -0.39 is 23.8 Å². The zero-order valence-electron chi connectivity index (χ0n) is 18.7. The summed E-state index contributed by atoms with van der Waals surface area (Å²) in [6.45, 7) is 5.82. The first kappa shape index (κ1) is 30.5. The van der Waals surface area contributed by atoms with Crippen molar-refractivity contribution in [2.24, 2.45) is 5.92 Å². The molecule has 1 unspecified atom stereocenters. The third-order valence-corrected chi connectivity index (χ3v) is 3.44. The van der Waals surface area contributed by atoms with Crippen molar-refractivity contribution >= 4 is 35.5 Å². The molecule has 0 spiro atoms. The molecule has 0 bridgehead atoms. The number of hydrogen-bond acceptors (Lipinski definition) is 8. The number of nitrogens with zero attached hydrogens (tertiary/aromatic N) is 1. The molecule has 10 nitrogen and oxygen atoms in total. The van der Waals surface area contributed by atoms with Gasteiger partial charge in [-0.2, -0.15) is 11.8 Å². The summed E-state index contributed by atoms with van der Waals surface area (Å²) in [6.07, 6.45) is 5.35. The number of rotatable bonds is 10. The first-order valence-corrected chi connectivity index (χ1v) is 11.4. The maximum atomic E-state index is 11.7. The average Bonchev–Trinajstić information content (AvgIpc) is 2.96. The minimum atomic E-state index is -0.671. The number of nitrogens with one attached hydrogen (secondary N) is 2. The fourth-order valence-electron chi connectivity index (χ4n) is 2.00. The Balaban J connectivity index is 0. The predicted octanol–water partition coefficient (Wildman–Crippen LogP) is 0.628. The lowest BCUT2D eigenvalue weighted by Gasteiger charge is -2.13. The van der Waals surface area contributed by atoms with Crippen molar-refractivity contribution in [2.45, 2.75) is 33.1 Å². The molecular weight excluding hydrogens is 414 g/mol. The van der Waals surface area contributed by atoms with E-state index >= 15 is 0 Å². The summed E-state index contributed by atoms with van der Waals surface area (Å²) < 4.78 is 10.5. The number of amides is 5. The molecule has 1 rings (SSSR count). The Hall–Kier alpha value is -1.69. The highest BCUT2D eigenvalue weighted by atomic mass is 32.2. The van der Waals surface area contributed by atoms with E-state index in [4.69, 9.17) is 14.6 Å². The van der Waals surface area contributed by atoms with Gasteiger partial charge in [0.15, 0.2) is 0 Å². The normalized spacial score (nSPS) is 15.0. The van der Waals surface area contributed by atoms with Gasteiger partial charge in [-0.25, -0.2) is 9.69 Å². The third-order valence-electron chi connectivity index (χ3n) is 3.44. The Morgan fingerprint density at radius 3 is 2.13 bits per heavy atom. The maximum absolute atomic E-state index is 11.7. The molecule has 5 amide bonds. The first-order chi connectivity index (χ1) is 14.3. The Kier molecular flexibility index (Phi) is 20.9. The molecule has 11 heteroatoms. The second-order valence-corrected chi connectivity index (χ2v) is 7.00. The quantitative estimate of drug-likeness (QED) is 0.325. The number of ether oxygens (including phenoxy) is 2. The van der Waals surface area contributed by atoms with E-state index in [1.54, 1.807) is 18.7 Å². The van der Waals surface area contributed by atoms with Crippen LogP contribution in [0, 0.1) is 5.92 Å². The van der Waals surface area contributed by atoms with Crippen LogP contribution in [0.2, 0.25) is 0 Å². The molecule has 30 heavy (non-hydrogen) atoms. The lowest BCUT2D eigenvalue weighted by Crippen LogP contribution is -2.44. The van der Waals surface area contributed by atoms with Gasteiger partial charge < -0.3 is 25.2 Å². The highest BCUT2D eigenvalue weighted by Gasteiger charge is 2.39. The molecule has 0 aromatic heterocycles. The van der Waals surface area contributed by atoms with Gasteiger partial charge in [0.1, 0.15) is 0 Å². The third kappa shape index (κ3) is 15.2. The summed E-state index contributed by atoms with van der Waals surface area (Å²) in [6, 6.07) is -0.671. The van der Waals surface area contributed by atoms with Crippen LogP contribution in [0.3, 0.4) is 0 Å². The van der Waals surface area contributed by atoms with E-state index in [2.05, 4.69) is 10.6 Å². The van der Waals surface area contributed by atoms with E-state index in [-0.39, 0.29) is 31.9 Å². The largest absolute Gasteiger partial charge is 0.396 e. The lowest BCUT2D eigenvalue weighted by molar-refractivity contribution is -0.135. The van der Waals surface area contributed by atoms with Gasteiger partial charge in [0.25, 0.3) is 0 Å². The summed E-state index contributed by atoms with van der Waals surface area (Å²) in [7, 11) is 1.54. The van der Waals surface area contributed by atoms with E-state index in [0.29, 0.717) is 31.3 Å². The van der Waals surface area contributed by atoms with Gasteiger partial charge in [-0.05, 0) is 18.9 Å². The molecule has 3 N–H and O–H groups in total. The van der Waals surface area contributed by atoms with Crippen LogP contribution >= 0.6 is 11.8 Å². The van der Waals surface area contributed by atoms with Gasteiger partial charge in [-0.3, -0.25) is 14.4 Å². The van der Waals surface area contributed by atoms with Crippen LogP contribution in [0.25, 0.3) is 0 Å². The number of imide groups is 3. The molecule has 1 heterocycles.